The Hall–Kier alpha value is -0.660. The lowest BCUT2D eigenvalue weighted by Crippen LogP contribution is -2.33. The fourth-order valence-corrected chi connectivity index (χ4v) is 3.32. The summed E-state index contributed by atoms with van der Waals surface area (Å²) in [6.07, 6.45) is 5.20. The first-order valence-corrected chi connectivity index (χ1v) is 7.79. The fraction of sp³-hybridized carbons (Fsp3) is 0.364. The minimum atomic E-state index is -3.70. The summed E-state index contributed by atoms with van der Waals surface area (Å²) in [5.41, 5.74) is 0. The van der Waals surface area contributed by atoms with Gasteiger partial charge >= 0.3 is 0 Å². The summed E-state index contributed by atoms with van der Waals surface area (Å²) < 4.78 is 26.7. The zero-order valence-corrected chi connectivity index (χ0v) is 12.1. The molecule has 2 rings (SSSR count). The molecule has 0 aromatic carbocycles. The van der Waals surface area contributed by atoms with Crippen molar-refractivity contribution in [1.82, 2.24) is 9.71 Å². The molecule has 5 nitrogen and oxygen atoms in total. The van der Waals surface area contributed by atoms with Gasteiger partial charge in [0.25, 0.3) is 0 Å². The third kappa shape index (κ3) is 3.46. The maximum absolute atomic E-state index is 12.1. The second kappa shape index (κ2) is 5.76. The molecule has 0 fully saturated rings. The minimum absolute atomic E-state index is 0.00303. The van der Waals surface area contributed by atoms with Gasteiger partial charge in [0.15, 0.2) is 0 Å². The van der Waals surface area contributed by atoms with Crippen LogP contribution in [0.1, 0.15) is 6.42 Å². The first-order chi connectivity index (χ1) is 8.92. The number of sulfonamides is 1. The largest absolute Gasteiger partial charge is 0.396 e. The van der Waals surface area contributed by atoms with Crippen LogP contribution in [-0.4, -0.2) is 31.2 Å². The third-order valence-electron chi connectivity index (χ3n) is 2.79. The Morgan fingerprint density at radius 1 is 1.42 bits per heavy atom. The molecule has 8 heteroatoms. The molecule has 0 radical (unpaired) electrons. The maximum atomic E-state index is 12.1. The maximum Gasteiger partial charge on any atom is 0.242 e. The van der Waals surface area contributed by atoms with Crippen LogP contribution in [0.2, 0.25) is 10.2 Å². The number of aromatic nitrogens is 1. The lowest BCUT2D eigenvalue weighted by molar-refractivity contribution is 0.248. The van der Waals surface area contributed by atoms with Crippen LogP contribution >= 0.6 is 23.2 Å². The van der Waals surface area contributed by atoms with Gasteiger partial charge in [-0.3, -0.25) is 0 Å². The van der Waals surface area contributed by atoms with Crippen molar-refractivity contribution in [2.75, 3.05) is 6.61 Å². The Kier molecular flexibility index (Phi) is 4.47. The van der Waals surface area contributed by atoms with E-state index in [4.69, 9.17) is 28.3 Å². The summed E-state index contributed by atoms with van der Waals surface area (Å²) in [5.74, 6) is -0.0142. The highest BCUT2D eigenvalue weighted by Crippen LogP contribution is 2.23. The molecule has 0 saturated heterocycles. The van der Waals surface area contributed by atoms with E-state index in [1.54, 1.807) is 12.2 Å². The Bertz CT molecular complexity index is 604. The first-order valence-electron chi connectivity index (χ1n) is 5.55. The predicted molar refractivity (Wildman–Crippen MR) is 72.7 cm³/mol. The zero-order valence-electron chi connectivity index (χ0n) is 9.75. The minimum Gasteiger partial charge on any atom is -0.396 e. The van der Waals surface area contributed by atoms with E-state index in [1.807, 2.05) is 0 Å². The van der Waals surface area contributed by atoms with Gasteiger partial charge in [0, 0.05) is 24.8 Å². The molecule has 2 atom stereocenters. The smallest absolute Gasteiger partial charge is 0.242 e. The Morgan fingerprint density at radius 2 is 2.16 bits per heavy atom. The van der Waals surface area contributed by atoms with Crippen LogP contribution in [0, 0.1) is 5.92 Å². The lowest BCUT2D eigenvalue weighted by Gasteiger charge is -2.13. The lowest BCUT2D eigenvalue weighted by atomic mass is 10.1. The van der Waals surface area contributed by atoms with E-state index in [2.05, 4.69) is 9.71 Å². The van der Waals surface area contributed by atoms with Gasteiger partial charge < -0.3 is 5.11 Å². The van der Waals surface area contributed by atoms with Crippen molar-refractivity contribution >= 4 is 33.2 Å². The Morgan fingerprint density at radius 3 is 2.74 bits per heavy atom. The van der Waals surface area contributed by atoms with Crippen molar-refractivity contribution in [1.29, 1.82) is 0 Å². The molecule has 0 bridgehead atoms. The summed E-state index contributed by atoms with van der Waals surface area (Å²) in [4.78, 5) is 3.67. The summed E-state index contributed by atoms with van der Waals surface area (Å²) in [5, 5.41) is 9.14. The number of aliphatic hydroxyl groups is 1. The fourth-order valence-electron chi connectivity index (χ4n) is 1.82. The second-order valence-electron chi connectivity index (χ2n) is 4.23. The summed E-state index contributed by atoms with van der Waals surface area (Å²) in [6, 6.07) is 0.915. The molecule has 104 valence electrons. The van der Waals surface area contributed by atoms with E-state index >= 15 is 0 Å². The van der Waals surface area contributed by atoms with Crippen molar-refractivity contribution in [2.45, 2.75) is 17.4 Å². The van der Waals surface area contributed by atoms with E-state index < -0.39 is 10.0 Å². The molecule has 0 unspecified atom stereocenters. The van der Waals surface area contributed by atoms with Gasteiger partial charge in [-0.2, -0.15) is 0 Å². The van der Waals surface area contributed by atoms with Gasteiger partial charge in [-0.15, -0.1) is 0 Å². The number of aliphatic hydroxyl groups excluding tert-OH is 1. The van der Waals surface area contributed by atoms with Crippen LogP contribution in [0.15, 0.2) is 29.3 Å². The molecular formula is C11H12Cl2N2O3S. The van der Waals surface area contributed by atoms with Crippen LogP contribution in [0.25, 0.3) is 0 Å². The van der Waals surface area contributed by atoms with Gasteiger partial charge in [0.2, 0.25) is 10.0 Å². The van der Waals surface area contributed by atoms with Gasteiger partial charge in [-0.25, -0.2) is 18.1 Å². The van der Waals surface area contributed by atoms with Crippen LogP contribution in [0.5, 0.6) is 0 Å². The molecule has 0 saturated carbocycles. The topological polar surface area (TPSA) is 79.3 Å². The quantitative estimate of drug-likeness (QED) is 0.652. The number of hydrogen-bond acceptors (Lipinski definition) is 4. The average molecular weight is 323 g/mol. The normalized spacial score (nSPS) is 22.9. The van der Waals surface area contributed by atoms with E-state index in [0.29, 0.717) is 6.42 Å². The highest BCUT2D eigenvalue weighted by Gasteiger charge is 2.24. The molecule has 1 heterocycles. The second-order valence-corrected chi connectivity index (χ2v) is 6.71. The monoisotopic (exact) mass is 322 g/mol. The number of hydrogen-bond donors (Lipinski definition) is 2. The van der Waals surface area contributed by atoms with Crippen LogP contribution < -0.4 is 4.72 Å². The molecule has 19 heavy (non-hydrogen) atoms. The highest BCUT2D eigenvalue weighted by atomic mass is 35.5. The Balaban J connectivity index is 2.15. The van der Waals surface area contributed by atoms with Gasteiger partial charge in [-0.05, 0) is 12.5 Å². The summed E-state index contributed by atoms with van der Waals surface area (Å²) in [6.45, 7) is 0.00303. The number of rotatable bonds is 4. The average Bonchev–Trinajstić information content (AvgIpc) is 2.79. The number of pyridine rings is 1. The van der Waals surface area contributed by atoms with Crippen molar-refractivity contribution < 1.29 is 13.5 Å². The SMILES string of the molecule is O=S(=O)(N[C@@H]1C=C[C@H](CO)C1)c1cnc(Cl)c(Cl)c1. The molecular weight excluding hydrogens is 311 g/mol. The van der Waals surface area contributed by atoms with Crippen molar-refractivity contribution in [2.24, 2.45) is 5.92 Å². The molecule has 1 aromatic heterocycles. The molecule has 1 aliphatic rings. The summed E-state index contributed by atoms with van der Waals surface area (Å²) in [7, 11) is -3.70. The van der Waals surface area contributed by atoms with E-state index in [9.17, 15) is 8.42 Å². The molecule has 2 N–H and O–H groups in total. The number of nitrogens with one attached hydrogen (secondary N) is 1. The number of nitrogens with zero attached hydrogens (tertiary/aromatic N) is 1. The number of halogens is 2. The van der Waals surface area contributed by atoms with E-state index in [1.165, 1.54) is 6.07 Å². The highest BCUT2D eigenvalue weighted by molar-refractivity contribution is 7.89. The third-order valence-corrected chi connectivity index (χ3v) is 4.94. The van der Waals surface area contributed by atoms with Crippen molar-refractivity contribution in [3.8, 4) is 0 Å². The predicted octanol–water partition coefficient (Wildman–Crippen LogP) is 1.60. The molecule has 1 aromatic rings. The zero-order chi connectivity index (χ0) is 14.0. The molecule has 0 spiro atoms. The van der Waals surface area contributed by atoms with E-state index in [0.717, 1.165) is 6.20 Å². The standard InChI is InChI=1S/C11H12Cl2N2O3S/c12-10-4-9(5-14-11(10)13)19(17,18)15-8-2-1-7(3-8)6-16/h1-2,4-5,7-8,15-16H,3,6H2/t7-,8+/m0/s1. The molecule has 1 aliphatic carbocycles. The van der Waals surface area contributed by atoms with Gasteiger partial charge in [0.05, 0.1) is 5.02 Å². The Labute approximate surface area is 121 Å². The van der Waals surface area contributed by atoms with Gasteiger partial charge in [-0.1, -0.05) is 35.4 Å². The van der Waals surface area contributed by atoms with Crippen molar-refractivity contribution in [3.05, 3.63) is 34.6 Å². The van der Waals surface area contributed by atoms with Crippen LogP contribution in [0.3, 0.4) is 0 Å². The van der Waals surface area contributed by atoms with E-state index in [-0.39, 0.29) is 33.6 Å². The van der Waals surface area contributed by atoms with Crippen molar-refractivity contribution in [3.63, 3.8) is 0 Å². The first kappa shape index (κ1) is 14.7. The molecule has 0 aliphatic heterocycles. The van der Waals surface area contributed by atoms with Crippen LogP contribution in [0.4, 0.5) is 0 Å². The molecule has 0 amide bonds. The van der Waals surface area contributed by atoms with Crippen LogP contribution in [-0.2, 0) is 10.0 Å². The van der Waals surface area contributed by atoms with Gasteiger partial charge in [0.1, 0.15) is 10.0 Å². The summed E-state index contributed by atoms with van der Waals surface area (Å²) >= 11 is 11.4.